The number of aliphatic imine (C=N–C) groups is 1. The molecule has 1 saturated heterocycles. The Bertz CT molecular complexity index is 874. The van der Waals surface area contributed by atoms with Crippen molar-refractivity contribution in [2.24, 2.45) is 4.99 Å². The van der Waals surface area contributed by atoms with E-state index in [1.807, 2.05) is 43.3 Å². The largest absolute Gasteiger partial charge is 0.465 e. The van der Waals surface area contributed by atoms with E-state index < -0.39 is 0 Å². The van der Waals surface area contributed by atoms with Crippen molar-refractivity contribution < 1.29 is 13.9 Å². The fourth-order valence-electron chi connectivity index (χ4n) is 3.68. The molecule has 1 fully saturated rings. The number of aryl methyl sites for hydroxylation is 1. The van der Waals surface area contributed by atoms with E-state index >= 15 is 0 Å². The van der Waals surface area contributed by atoms with Gasteiger partial charge in [-0.15, -0.1) is 0 Å². The summed E-state index contributed by atoms with van der Waals surface area (Å²) in [5.74, 6) is 2.53. The van der Waals surface area contributed by atoms with E-state index in [1.165, 1.54) is 0 Å². The highest BCUT2D eigenvalue weighted by atomic mass is 16.5. The normalized spacial score (nSPS) is 16.0. The number of morpholine rings is 1. The molecule has 0 bridgehead atoms. The van der Waals surface area contributed by atoms with Gasteiger partial charge >= 0.3 is 0 Å². The number of carbonyl (C=O) groups excluding carboxylic acids is 1. The Morgan fingerprint density at radius 1 is 1.19 bits per heavy atom. The van der Waals surface area contributed by atoms with Gasteiger partial charge in [0.25, 0.3) is 5.91 Å². The number of furan rings is 1. The maximum atomic E-state index is 11.8. The van der Waals surface area contributed by atoms with Gasteiger partial charge in [0, 0.05) is 45.8 Å². The lowest BCUT2D eigenvalue weighted by molar-refractivity contribution is 0.0124. The third kappa shape index (κ3) is 6.57. The third-order valence-corrected chi connectivity index (χ3v) is 5.38. The van der Waals surface area contributed by atoms with Crippen LogP contribution >= 0.6 is 0 Å². The Kier molecular flexibility index (Phi) is 8.49. The van der Waals surface area contributed by atoms with Crippen LogP contribution in [0.2, 0.25) is 0 Å². The van der Waals surface area contributed by atoms with Gasteiger partial charge in [-0.2, -0.15) is 0 Å². The van der Waals surface area contributed by atoms with Crippen molar-refractivity contribution >= 4 is 11.9 Å². The minimum absolute atomic E-state index is 0.0744. The second kappa shape index (κ2) is 11.5. The van der Waals surface area contributed by atoms with Crippen molar-refractivity contribution in [3.05, 3.63) is 59.0 Å². The Balaban J connectivity index is 1.54. The van der Waals surface area contributed by atoms with E-state index in [1.54, 1.807) is 14.1 Å². The molecule has 0 saturated carbocycles. The van der Waals surface area contributed by atoms with E-state index in [-0.39, 0.29) is 11.9 Å². The molecule has 31 heavy (non-hydrogen) atoms. The quantitative estimate of drug-likeness (QED) is 0.439. The zero-order chi connectivity index (χ0) is 22.1. The van der Waals surface area contributed by atoms with E-state index in [0.717, 1.165) is 55.8 Å². The van der Waals surface area contributed by atoms with Crippen molar-refractivity contribution in [2.75, 3.05) is 53.5 Å². The van der Waals surface area contributed by atoms with E-state index in [4.69, 9.17) is 9.15 Å². The molecule has 2 heterocycles. The van der Waals surface area contributed by atoms with Crippen molar-refractivity contribution in [3.63, 3.8) is 0 Å². The maximum absolute atomic E-state index is 11.8. The zero-order valence-electron chi connectivity index (χ0n) is 18.6. The monoisotopic (exact) mass is 427 g/mol. The highest BCUT2D eigenvalue weighted by Gasteiger charge is 2.25. The Morgan fingerprint density at radius 2 is 2.00 bits per heavy atom. The summed E-state index contributed by atoms with van der Waals surface area (Å²) >= 11 is 0. The van der Waals surface area contributed by atoms with Crippen LogP contribution in [0.25, 0.3) is 0 Å². The van der Waals surface area contributed by atoms with Crippen LogP contribution in [0.15, 0.2) is 45.8 Å². The van der Waals surface area contributed by atoms with Crippen molar-refractivity contribution in [1.82, 2.24) is 20.9 Å². The van der Waals surface area contributed by atoms with Crippen molar-refractivity contribution in [3.8, 4) is 0 Å². The summed E-state index contributed by atoms with van der Waals surface area (Å²) in [5, 5.41) is 9.45. The predicted octanol–water partition coefficient (Wildman–Crippen LogP) is 1.73. The molecule has 1 amide bonds. The van der Waals surface area contributed by atoms with Gasteiger partial charge in [0.1, 0.15) is 11.5 Å². The molecule has 1 aliphatic heterocycles. The molecular formula is C23H33N5O3. The number of hydrogen-bond donors (Lipinski definition) is 3. The van der Waals surface area contributed by atoms with Crippen LogP contribution in [-0.2, 0) is 11.2 Å². The maximum Gasteiger partial charge on any atom is 0.251 e. The van der Waals surface area contributed by atoms with E-state index in [2.05, 4.69) is 25.8 Å². The first-order valence-corrected chi connectivity index (χ1v) is 10.7. The van der Waals surface area contributed by atoms with Crippen LogP contribution in [0.5, 0.6) is 0 Å². The number of carbonyl (C=O) groups is 1. The highest BCUT2D eigenvalue weighted by Crippen LogP contribution is 2.23. The molecule has 8 nitrogen and oxygen atoms in total. The summed E-state index contributed by atoms with van der Waals surface area (Å²) in [4.78, 5) is 18.5. The first-order valence-electron chi connectivity index (χ1n) is 10.7. The number of benzene rings is 1. The van der Waals surface area contributed by atoms with Crippen molar-refractivity contribution in [1.29, 1.82) is 0 Å². The van der Waals surface area contributed by atoms with Crippen LogP contribution in [0.3, 0.4) is 0 Å². The molecule has 1 aromatic heterocycles. The highest BCUT2D eigenvalue weighted by molar-refractivity contribution is 5.94. The van der Waals surface area contributed by atoms with Crippen LogP contribution in [0.4, 0.5) is 0 Å². The summed E-state index contributed by atoms with van der Waals surface area (Å²) in [6.07, 6.45) is 0.788. The predicted molar refractivity (Wildman–Crippen MR) is 121 cm³/mol. The first-order chi connectivity index (χ1) is 15.1. The van der Waals surface area contributed by atoms with Gasteiger partial charge < -0.3 is 25.1 Å². The van der Waals surface area contributed by atoms with E-state index in [0.29, 0.717) is 18.7 Å². The fourth-order valence-corrected chi connectivity index (χ4v) is 3.68. The number of guanidine groups is 1. The molecule has 168 valence electrons. The van der Waals surface area contributed by atoms with Gasteiger partial charge in [-0.05, 0) is 43.2 Å². The minimum atomic E-state index is -0.0744. The van der Waals surface area contributed by atoms with Gasteiger partial charge in [0.15, 0.2) is 5.96 Å². The lowest BCUT2D eigenvalue weighted by Gasteiger charge is -2.33. The molecular weight excluding hydrogens is 394 g/mol. The molecule has 0 radical (unpaired) electrons. The number of ether oxygens (including phenoxy) is 1. The number of nitrogens with one attached hydrogen (secondary N) is 3. The van der Waals surface area contributed by atoms with Crippen LogP contribution in [0, 0.1) is 6.92 Å². The molecule has 3 N–H and O–H groups in total. The zero-order valence-corrected chi connectivity index (χ0v) is 18.6. The Morgan fingerprint density at radius 3 is 2.68 bits per heavy atom. The molecule has 3 rings (SSSR count). The second-order valence-corrected chi connectivity index (χ2v) is 7.52. The lowest BCUT2D eigenvalue weighted by atomic mass is 10.1. The van der Waals surface area contributed by atoms with Crippen LogP contribution < -0.4 is 16.0 Å². The second-order valence-electron chi connectivity index (χ2n) is 7.52. The molecule has 1 unspecified atom stereocenters. The molecule has 8 heteroatoms. The molecule has 2 aromatic rings. The average molecular weight is 428 g/mol. The van der Waals surface area contributed by atoms with Crippen LogP contribution in [0.1, 0.15) is 33.5 Å². The van der Waals surface area contributed by atoms with Gasteiger partial charge in [0.05, 0.1) is 19.3 Å². The van der Waals surface area contributed by atoms with Crippen molar-refractivity contribution in [2.45, 2.75) is 19.4 Å². The summed E-state index contributed by atoms with van der Waals surface area (Å²) < 4.78 is 11.4. The van der Waals surface area contributed by atoms with Crippen LogP contribution in [-0.4, -0.2) is 70.3 Å². The molecule has 1 atom stereocenters. The smallest absolute Gasteiger partial charge is 0.251 e. The Labute approximate surface area is 184 Å². The topological polar surface area (TPSA) is 91.1 Å². The average Bonchev–Trinajstić information content (AvgIpc) is 3.24. The number of nitrogens with zero attached hydrogens (tertiary/aromatic N) is 2. The summed E-state index contributed by atoms with van der Waals surface area (Å²) in [7, 11) is 3.41. The van der Waals surface area contributed by atoms with Gasteiger partial charge in [-0.25, -0.2) is 0 Å². The van der Waals surface area contributed by atoms with Gasteiger partial charge in [-0.1, -0.05) is 12.1 Å². The SMILES string of the molecule is CN=C(NCCc1cccc(C(=O)NC)c1)NCC(c1ccc(C)o1)N1CCOCC1. The number of rotatable bonds is 8. The minimum Gasteiger partial charge on any atom is -0.465 e. The van der Waals surface area contributed by atoms with E-state index in [9.17, 15) is 4.79 Å². The number of hydrogen-bond acceptors (Lipinski definition) is 5. The lowest BCUT2D eigenvalue weighted by Crippen LogP contribution is -2.46. The molecule has 0 spiro atoms. The Hall–Kier alpha value is -2.84. The first kappa shape index (κ1) is 22.8. The summed E-state index contributed by atoms with van der Waals surface area (Å²) in [6, 6.07) is 11.8. The fraction of sp³-hybridized carbons (Fsp3) is 0.478. The number of amides is 1. The summed E-state index contributed by atoms with van der Waals surface area (Å²) in [6.45, 7) is 6.57. The molecule has 1 aliphatic rings. The summed E-state index contributed by atoms with van der Waals surface area (Å²) in [5.41, 5.74) is 1.77. The molecule has 0 aliphatic carbocycles. The van der Waals surface area contributed by atoms with Gasteiger partial charge in [0.2, 0.25) is 0 Å². The molecule has 1 aromatic carbocycles. The third-order valence-electron chi connectivity index (χ3n) is 5.38. The standard InChI is InChI=1S/C23H33N5O3/c1-17-7-8-21(31-17)20(28-11-13-30-14-12-28)16-27-23(25-3)26-10-9-18-5-4-6-19(15-18)22(29)24-2/h4-8,15,20H,9-14,16H2,1-3H3,(H,24,29)(H2,25,26,27). The van der Waals surface area contributed by atoms with Gasteiger partial charge in [-0.3, -0.25) is 14.7 Å².